The van der Waals surface area contributed by atoms with Gasteiger partial charge < -0.3 is 10.4 Å². The van der Waals surface area contributed by atoms with Crippen molar-refractivity contribution >= 4 is 40.7 Å². The molecule has 19 heavy (non-hydrogen) atoms. The molecular formula is C14H12ClNO2S. The third-order valence-electron chi connectivity index (χ3n) is 2.60. The molecule has 0 saturated carbocycles. The van der Waals surface area contributed by atoms with Crippen LogP contribution in [0.1, 0.15) is 10.4 Å². The molecule has 0 spiro atoms. The third kappa shape index (κ3) is 3.03. The molecule has 0 amide bonds. The fourth-order valence-corrected chi connectivity index (χ4v) is 2.75. The summed E-state index contributed by atoms with van der Waals surface area (Å²) in [5, 5.41) is 12.9. The Labute approximate surface area is 120 Å². The van der Waals surface area contributed by atoms with E-state index in [-0.39, 0.29) is 5.56 Å². The Bertz CT molecular complexity index is 616. The Kier molecular flexibility index (Phi) is 4.35. The van der Waals surface area contributed by atoms with Gasteiger partial charge in [0, 0.05) is 4.90 Å². The molecule has 0 saturated heterocycles. The van der Waals surface area contributed by atoms with Crippen LogP contribution in [0.25, 0.3) is 0 Å². The van der Waals surface area contributed by atoms with E-state index >= 15 is 0 Å². The summed E-state index contributed by atoms with van der Waals surface area (Å²) in [4.78, 5) is 12.1. The number of anilines is 2. The van der Waals surface area contributed by atoms with Gasteiger partial charge in [-0.3, -0.25) is 0 Å². The highest BCUT2D eigenvalue weighted by atomic mass is 35.5. The molecule has 5 heteroatoms. The summed E-state index contributed by atoms with van der Waals surface area (Å²) in [6.07, 6.45) is 1.93. The molecule has 0 bridgehead atoms. The first-order valence-corrected chi connectivity index (χ1v) is 7.15. The van der Waals surface area contributed by atoms with E-state index in [1.165, 1.54) is 11.8 Å². The number of nitrogens with one attached hydrogen (secondary N) is 1. The number of para-hydroxylation sites is 1. The molecule has 0 atom stereocenters. The molecule has 0 heterocycles. The summed E-state index contributed by atoms with van der Waals surface area (Å²) in [7, 11) is 0. The number of halogens is 1. The maximum atomic E-state index is 11.2. The van der Waals surface area contributed by atoms with Gasteiger partial charge in [0.25, 0.3) is 0 Å². The van der Waals surface area contributed by atoms with Crippen LogP contribution >= 0.6 is 23.4 Å². The van der Waals surface area contributed by atoms with Crippen molar-refractivity contribution in [1.82, 2.24) is 0 Å². The average Bonchev–Trinajstić information content (AvgIpc) is 2.39. The molecule has 0 aromatic heterocycles. The molecule has 98 valence electrons. The summed E-state index contributed by atoms with van der Waals surface area (Å²) < 4.78 is 0. The Morgan fingerprint density at radius 1 is 1.16 bits per heavy atom. The number of aromatic carboxylic acids is 1. The summed E-state index contributed by atoms with van der Waals surface area (Å²) in [6, 6.07) is 12.3. The fourth-order valence-electron chi connectivity index (χ4n) is 1.74. The molecule has 2 rings (SSSR count). The highest BCUT2D eigenvalue weighted by Crippen LogP contribution is 2.34. The quantitative estimate of drug-likeness (QED) is 0.815. The third-order valence-corrected chi connectivity index (χ3v) is 3.87. The molecule has 2 aromatic rings. The van der Waals surface area contributed by atoms with E-state index in [4.69, 9.17) is 16.7 Å². The van der Waals surface area contributed by atoms with Crippen LogP contribution in [0.5, 0.6) is 0 Å². The fraction of sp³-hybridized carbons (Fsp3) is 0.0714. The lowest BCUT2D eigenvalue weighted by molar-refractivity contribution is 0.0698. The Balaban J connectivity index is 2.42. The molecule has 3 nitrogen and oxygen atoms in total. The van der Waals surface area contributed by atoms with Crippen molar-refractivity contribution in [3.8, 4) is 0 Å². The zero-order chi connectivity index (χ0) is 13.8. The van der Waals surface area contributed by atoms with Crippen LogP contribution in [-0.4, -0.2) is 17.3 Å². The largest absolute Gasteiger partial charge is 0.478 e. The lowest BCUT2D eigenvalue weighted by Gasteiger charge is -2.13. The summed E-state index contributed by atoms with van der Waals surface area (Å²) in [5.41, 5.74) is 1.58. The average molecular weight is 294 g/mol. The van der Waals surface area contributed by atoms with Gasteiger partial charge in [0.05, 0.1) is 22.0 Å². The van der Waals surface area contributed by atoms with Gasteiger partial charge in [-0.15, -0.1) is 11.8 Å². The summed E-state index contributed by atoms with van der Waals surface area (Å²) >= 11 is 7.63. The molecule has 2 aromatic carbocycles. The molecule has 0 aliphatic heterocycles. The van der Waals surface area contributed by atoms with E-state index in [1.807, 2.05) is 24.5 Å². The van der Waals surface area contributed by atoms with Crippen LogP contribution in [0.2, 0.25) is 5.02 Å². The van der Waals surface area contributed by atoms with Crippen molar-refractivity contribution < 1.29 is 9.90 Å². The van der Waals surface area contributed by atoms with Crippen molar-refractivity contribution in [1.29, 1.82) is 0 Å². The minimum absolute atomic E-state index is 0.231. The lowest BCUT2D eigenvalue weighted by atomic mass is 10.1. The number of hydrogen-bond donors (Lipinski definition) is 2. The standard InChI is InChI=1S/C14H12ClNO2S/c1-19-13-10(15)6-4-8-12(13)16-11-7-3-2-5-9(11)14(17)18/h2-8,16H,1H3,(H,17,18). The second-order valence-electron chi connectivity index (χ2n) is 3.80. The highest BCUT2D eigenvalue weighted by Gasteiger charge is 2.11. The predicted molar refractivity (Wildman–Crippen MR) is 79.9 cm³/mol. The molecule has 0 radical (unpaired) electrons. The smallest absolute Gasteiger partial charge is 0.337 e. The zero-order valence-electron chi connectivity index (χ0n) is 10.2. The SMILES string of the molecule is CSc1c(Cl)cccc1Nc1ccccc1C(=O)O. The predicted octanol–water partition coefficient (Wildman–Crippen LogP) is 4.50. The number of rotatable bonds is 4. The van der Waals surface area contributed by atoms with E-state index in [0.717, 1.165) is 10.6 Å². The highest BCUT2D eigenvalue weighted by molar-refractivity contribution is 7.98. The Hall–Kier alpha value is -1.65. The van der Waals surface area contributed by atoms with Crippen LogP contribution in [0.4, 0.5) is 11.4 Å². The summed E-state index contributed by atoms with van der Waals surface area (Å²) in [6.45, 7) is 0. The minimum atomic E-state index is -0.962. The second-order valence-corrected chi connectivity index (χ2v) is 5.02. The second kappa shape index (κ2) is 5.99. The molecule has 0 unspecified atom stereocenters. The number of carboxylic acids is 1. The normalized spacial score (nSPS) is 10.2. The number of thioether (sulfide) groups is 1. The topological polar surface area (TPSA) is 49.3 Å². The van der Waals surface area contributed by atoms with E-state index < -0.39 is 5.97 Å². The van der Waals surface area contributed by atoms with Crippen LogP contribution in [0.3, 0.4) is 0 Å². The number of carbonyl (C=O) groups is 1. The first-order chi connectivity index (χ1) is 9.13. The van der Waals surface area contributed by atoms with Gasteiger partial charge in [-0.2, -0.15) is 0 Å². The monoisotopic (exact) mass is 293 g/mol. The van der Waals surface area contributed by atoms with Crippen molar-refractivity contribution in [3.63, 3.8) is 0 Å². The first-order valence-electron chi connectivity index (χ1n) is 5.55. The Morgan fingerprint density at radius 2 is 1.84 bits per heavy atom. The lowest BCUT2D eigenvalue weighted by Crippen LogP contribution is -2.02. The maximum absolute atomic E-state index is 11.2. The van der Waals surface area contributed by atoms with Crippen LogP contribution in [0, 0.1) is 0 Å². The minimum Gasteiger partial charge on any atom is -0.478 e. The van der Waals surface area contributed by atoms with E-state index in [2.05, 4.69) is 5.32 Å². The van der Waals surface area contributed by atoms with E-state index in [9.17, 15) is 4.79 Å². The first kappa shape index (κ1) is 13.8. The van der Waals surface area contributed by atoms with Crippen LogP contribution in [0.15, 0.2) is 47.4 Å². The van der Waals surface area contributed by atoms with Gasteiger partial charge in [0.15, 0.2) is 0 Å². The van der Waals surface area contributed by atoms with Gasteiger partial charge in [-0.1, -0.05) is 29.8 Å². The maximum Gasteiger partial charge on any atom is 0.337 e. The molecular weight excluding hydrogens is 282 g/mol. The molecule has 0 fully saturated rings. The van der Waals surface area contributed by atoms with Crippen molar-refractivity contribution in [2.75, 3.05) is 11.6 Å². The van der Waals surface area contributed by atoms with Gasteiger partial charge in [0.1, 0.15) is 0 Å². The molecule has 0 aliphatic carbocycles. The molecule has 0 aliphatic rings. The molecule has 2 N–H and O–H groups in total. The van der Waals surface area contributed by atoms with Gasteiger partial charge in [-0.05, 0) is 30.5 Å². The van der Waals surface area contributed by atoms with E-state index in [0.29, 0.717) is 10.7 Å². The van der Waals surface area contributed by atoms with Gasteiger partial charge in [-0.25, -0.2) is 4.79 Å². The number of benzene rings is 2. The van der Waals surface area contributed by atoms with E-state index in [1.54, 1.807) is 24.3 Å². The van der Waals surface area contributed by atoms with Crippen LogP contribution in [-0.2, 0) is 0 Å². The van der Waals surface area contributed by atoms with Gasteiger partial charge in [0.2, 0.25) is 0 Å². The van der Waals surface area contributed by atoms with Crippen molar-refractivity contribution in [2.45, 2.75) is 4.90 Å². The zero-order valence-corrected chi connectivity index (χ0v) is 11.8. The van der Waals surface area contributed by atoms with Crippen molar-refractivity contribution in [3.05, 3.63) is 53.1 Å². The Morgan fingerprint density at radius 3 is 2.53 bits per heavy atom. The van der Waals surface area contributed by atoms with Crippen LogP contribution < -0.4 is 5.32 Å². The van der Waals surface area contributed by atoms with Crippen molar-refractivity contribution in [2.24, 2.45) is 0 Å². The number of hydrogen-bond acceptors (Lipinski definition) is 3. The summed E-state index contributed by atoms with van der Waals surface area (Å²) in [5.74, 6) is -0.962. The number of carboxylic acid groups (broad SMARTS) is 1. The van der Waals surface area contributed by atoms with Gasteiger partial charge >= 0.3 is 5.97 Å².